The van der Waals surface area contributed by atoms with Gasteiger partial charge in [-0.15, -0.1) is 0 Å². The Balaban J connectivity index is 2.55. The van der Waals surface area contributed by atoms with E-state index in [1.54, 1.807) is 18.2 Å². The highest BCUT2D eigenvalue weighted by Crippen LogP contribution is 2.23. The van der Waals surface area contributed by atoms with E-state index in [9.17, 15) is 9.18 Å². The van der Waals surface area contributed by atoms with Gasteiger partial charge in [0.25, 0.3) is 0 Å². The SMILES string of the molecule is Cc1cccc(C(=O)c2cccc(Br)c2F)c1C. The third kappa shape index (κ3) is 2.23. The van der Waals surface area contributed by atoms with E-state index in [0.717, 1.165) is 11.1 Å². The molecule has 0 amide bonds. The molecule has 0 heterocycles. The van der Waals surface area contributed by atoms with E-state index in [-0.39, 0.29) is 11.3 Å². The van der Waals surface area contributed by atoms with Gasteiger partial charge in [0.2, 0.25) is 0 Å². The van der Waals surface area contributed by atoms with Crippen molar-refractivity contribution >= 4 is 21.7 Å². The fraction of sp³-hybridized carbons (Fsp3) is 0.133. The predicted octanol–water partition coefficient (Wildman–Crippen LogP) is 4.44. The minimum Gasteiger partial charge on any atom is -0.288 e. The van der Waals surface area contributed by atoms with Gasteiger partial charge in [0.15, 0.2) is 5.78 Å². The van der Waals surface area contributed by atoms with Crippen LogP contribution < -0.4 is 0 Å². The normalized spacial score (nSPS) is 10.4. The van der Waals surface area contributed by atoms with E-state index in [1.165, 1.54) is 6.07 Å². The second-order valence-electron chi connectivity index (χ2n) is 4.18. The highest BCUT2D eigenvalue weighted by atomic mass is 79.9. The summed E-state index contributed by atoms with van der Waals surface area (Å²) < 4.78 is 14.2. The zero-order valence-electron chi connectivity index (χ0n) is 10.1. The van der Waals surface area contributed by atoms with Gasteiger partial charge >= 0.3 is 0 Å². The zero-order chi connectivity index (χ0) is 13.3. The Hall–Kier alpha value is -1.48. The minimum atomic E-state index is -0.511. The molecule has 2 aromatic carbocycles. The van der Waals surface area contributed by atoms with Crippen molar-refractivity contribution in [1.29, 1.82) is 0 Å². The molecule has 0 aromatic heterocycles. The van der Waals surface area contributed by atoms with Crippen LogP contribution in [0.5, 0.6) is 0 Å². The Kier molecular flexibility index (Phi) is 3.62. The molecule has 0 N–H and O–H groups in total. The van der Waals surface area contributed by atoms with Crippen molar-refractivity contribution in [3.05, 3.63) is 68.9 Å². The number of carbonyl (C=O) groups is 1. The molecule has 0 radical (unpaired) electrons. The van der Waals surface area contributed by atoms with Gasteiger partial charge in [-0.25, -0.2) is 4.39 Å². The first-order valence-electron chi connectivity index (χ1n) is 5.57. The summed E-state index contributed by atoms with van der Waals surface area (Å²) in [7, 11) is 0. The first-order valence-corrected chi connectivity index (χ1v) is 6.36. The topological polar surface area (TPSA) is 17.1 Å². The maximum absolute atomic E-state index is 13.9. The Bertz CT molecular complexity index is 566. The van der Waals surface area contributed by atoms with Gasteiger partial charge in [0, 0.05) is 5.56 Å². The predicted molar refractivity (Wildman–Crippen MR) is 73.4 cm³/mol. The van der Waals surface area contributed by atoms with Crippen LogP contribution in [0.1, 0.15) is 27.0 Å². The molecule has 0 aliphatic rings. The maximum atomic E-state index is 13.9. The lowest BCUT2D eigenvalue weighted by atomic mass is 9.96. The second kappa shape index (κ2) is 5.02. The van der Waals surface area contributed by atoms with Crippen LogP contribution in [0.2, 0.25) is 0 Å². The largest absolute Gasteiger partial charge is 0.288 e. The van der Waals surface area contributed by atoms with Crippen LogP contribution >= 0.6 is 15.9 Å². The lowest BCUT2D eigenvalue weighted by Gasteiger charge is -2.08. The second-order valence-corrected chi connectivity index (χ2v) is 5.03. The third-order valence-electron chi connectivity index (χ3n) is 3.05. The Morgan fingerprint density at radius 1 is 1.06 bits per heavy atom. The molecule has 92 valence electrons. The number of rotatable bonds is 2. The summed E-state index contributed by atoms with van der Waals surface area (Å²) in [5.41, 5.74) is 2.56. The van der Waals surface area contributed by atoms with E-state index in [4.69, 9.17) is 0 Å². The van der Waals surface area contributed by atoms with Crippen LogP contribution in [0.4, 0.5) is 4.39 Å². The molecule has 1 nitrogen and oxygen atoms in total. The quantitative estimate of drug-likeness (QED) is 0.750. The lowest BCUT2D eigenvalue weighted by Crippen LogP contribution is -2.07. The van der Waals surface area contributed by atoms with Gasteiger partial charge in [0.1, 0.15) is 5.82 Å². The van der Waals surface area contributed by atoms with E-state index in [1.807, 2.05) is 26.0 Å². The van der Waals surface area contributed by atoms with Gasteiger partial charge in [-0.2, -0.15) is 0 Å². The molecule has 0 spiro atoms. The molecule has 0 aliphatic heterocycles. The van der Waals surface area contributed by atoms with Gasteiger partial charge in [-0.05, 0) is 53.0 Å². The molecule has 0 unspecified atom stereocenters. The summed E-state index contributed by atoms with van der Waals surface area (Å²) in [6.07, 6.45) is 0. The molecule has 2 rings (SSSR count). The summed E-state index contributed by atoms with van der Waals surface area (Å²) >= 11 is 3.09. The number of hydrogen-bond acceptors (Lipinski definition) is 1. The Labute approximate surface area is 114 Å². The molecule has 18 heavy (non-hydrogen) atoms. The van der Waals surface area contributed by atoms with Crippen molar-refractivity contribution in [1.82, 2.24) is 0 Å². The molecular weight excluding hydrogens is 295 g/mol. The van der Waals surface area contributed by atoms with Gasteiger partial charge in [-0.3, -0.25) is 4.79 Å². The zero-order valence-corrected chi connectivity index (χ0v) is 11.7. The molecule has 0 bridgehead atoms. The van der Waals surface area contributed by atoms with Crippen molar-refractivity contribution < 1.29 is 9.18 Å². The van der Waals surface area contributed by atoms with E-state index in [0.29, 0.717) is 10.0 Å². The van der Waals surface area contributed by atoms with Crippen LogP contribution in [-0.4, -0.2) is 5.78 Å². The smallest absolute Gasteiger partial charge is 0.196 e. The van der Waals surface area contributed by atoms with Crippen molar-refractivity contribution in [2.45, 2.75) is 13.8 Å². The van der Waals surface area contributed by atoms with Crippen LogP contribution in [0, 0.1) is 19.7 Å². The lowest BCUT2D eigenvalue weighted by molar-refractivity contribution is 0.103. The van der Waals surface area contributed by atoms with Crippen LogP contribution in [-0.2, 0) is 0 Å². The molecule has 3 heteroatoms. The van der Waals surface area contributed by atoms with E-state index < -0.39 is 5.82 Å². The fourth-order valence-electron chi connectivity index (χ4n) is 1.82. The van der Waals surface area contributed by atoms with Crippen molar-refractivity contribution in [3.63, 3.8) is 0 Å². The van der Waals surface area contributed by atoms with E-state index in [2.05, 4.69) is 15.9 Å². The molecule has 0 aliphatic carbocycles. The number of aryl methyl sites for hydroxylation is 1. The van der Waals surface area contributed by atoms with E-state index >= 15 is 0 Å². The van der Waals surface area contributed by atoms with Crippen LogP contribution in [0.25, 0.3) is 0 Å². The number of ketones is 1. The number of benzene rings is 2. The van der Waals surface area contributed by atoms with Crippen LogP contribution in [0.3, 0.4) is 0 Å². The monoisotopic (exact) mass is 306 g/mol. The standard InChI is InChI=1S/C15H12BrFO/c1-9-5-3-6-11(10(9)2)15(18)12-7-4-8-13(16)14(12)17/h3-8H,1-2H3. The average Bonchev–Trinajstić information content (AvgIpc) is 2.35. The highest BCUT2D eigenvalue weighted by Gasteiger charge is 2.17. The Morgan fingerprint density at radius 2 is 1.67 bits per heavy atom. The number of hydrogen-bond donors (Lipinski definition) is 0. The molecule has 2 aromatic rings. The summed E-state index contributed by atoms with van der Waals surface area (Å²) in [5, 5.41) is 0. The molecule has 0 fully saturated rings. The van der Waals surface area contributed by atoms with Gasteiger partial charge in [0.05, 0.1) is 10.0 Å². The highest BCUT2D eigenvalue weighted by molar-refractivity contribution is 9.10. The van der Waals surface area contributed by atoms with Crippen molar-refractivity contribution in [3.8, 4) is 0 Å². The van der Waals surface area contributed by atoms with Gasteiger partial charge < -0.3 is 0 Å². The molecular formula is C15H12BrFO. The van der Waals surface area contributed by atoms with Crippen LogP contribution in [0.15, 0.2) is 40.9 Å². The number of carbonyl (C=O) groups excluding carboxylic acids is 1. The third-order valence-corrected chi connectivity index (χ3v) is 3.66. The van der Waals surface area contributed by atoms with Crippen molar-refractivity contribution in [2.75, 3.05) is 0 Å². The summed E-state index contributed by atoms with van der Waals surface area (Å²) in [6, 6.07) is 10.2. The van der Waals surface area contributed by atoms with Gasteiger partial charge in [-0.1, -0.05) is 24.3 Å². The Morgan fingerprint density at radius 3 is 2.39 bits per heavy atom. The number of halogens is 2. The summed E-state index contributed by atoms with van der Waals surface area (Å²) in [4.78, 5) is 12.3. The molecule has 0 saturated carbocycles. The summed E-state index contributed by atoms with van der Waals surface area (Å²) in [6.45, 7) is 3.81. The van der Waals surface area contributed by atoms with Crippen molar-refractivity contribution in [2.24, 2.45) is 0 Å². The maximum Gasteiger partial charge on any atom is 0.196 e. The molecule has 0 atom stereocenters. The minimum absolute atomic E-state index is 0.0954. The summed E-state index contributed by atoms with van der Waals surface area (Å²) in [5.74, 6) is -0.793. The molecule has 0 saturated heterocycles. The first-order chi connectivity index (χ1) is 8.52. The fourth-order valence-corrected chi connectivity index (χ4v) is 2.19. The average molecular weight is 307 g/mol. The first kappa shape index (κ1) is 13.0.